The predicted octanol–water partition coefficient (Wildman–Crippen LogP) is 0.644. The van der Waals surface area contributed by atoms with E-state index < -0.39 is 0 Å². The van der Waals surface area contributed by atoms with E-state index in [1.54, 1.807) is 0 Å². The molecule has 0 bridgehead atoms. The summed E-state index contributed by atoms with van der Waals surface area (Å²) in [6.45, 7) is 5.72. The average Bonchev–Trinajstić information content (AvgIpc) is 2.63. The van der Waals surface area contributed by atoms with Crippen molar-refractivity contribution in [3.8, 4) is 0 Å². The summed E-state index contributed by atoms with van der Waals surface area (Å²) in [6.07, 6.45) is 0.421. The third kappa shape index (κ3) is 2.27. The molecule has 0 aliphatic carbocycles. The number of rotatable bonds is 2. The summed E-state index contributed by atoms with van der Waals surface area (Å²) in [5.41, 5.74) is 0.668. The number of morpholine rings is 1. The van der Waals surface area contributed by atoms with Gasteiger partial charge in [0.25, 0.3) is 0 Å². The van der Waals surface area contributed by atoms with Crippen LogP contribution in [-0.2, 0) is 11.3 Å². The third-order valence-electron chi connectivity index (χ3n) is 2.39. The van der Waals surface area contributed by atoms with Gasteiger partial charge in [-0.25, -0.2) is 0 Å². The van der Waals surface area contributed by atoms with Crippen molar-refractivity contribution in [2.24, 2.45) is 0 Å². The van der Waals surface area contributed by atoms with Crippen molar-refractivity contribution in [1.82, 2.24) is 9.59 Å². The maximum atomic E-state index is 9.12. The van der Waals surface area contributed by atoms with Gasteiger partial charge in [0.05, 0.1) is 18.8 Å². The summed E-state index contributed by atoms with van der Waals surface area (Å²) >= 11 is 1.33. The Hall–Kier alpha value is -0.720. The molecule has 0 spiro atoms. The molecule has 1 aromatic rings. The lowest BCUT2D eigenvalue weighted by atomic mass is 10.2. The van der Waals surface area contributed by atoms with Gasteiger partial charge >= 0.3 is 0 Å². The number of ether oxygens (including phenoxy) is 1. The SMILES string of the molecule is CC1CN(c2snnc2CO)CC(C)O1. The van der Waals surface area contributed by atoms with Crippen LogP contribution in [0.3, 0.4) is 0 Å². The molecular weight excluding hydrogens is 214 g/mol. The summed E-state index contributed by atoms with van der Waals surface area (Å²) in [5, 5.41) is 14.0. The predicted molar refractivity (Wildman–Crippen MR) is 58.1 cm³/mol. The van der Waals surface area contributed by atoms with Crippen LogP contribution in [0.25, 0.3) is 0 Å². The second kappa shape index (κ2) is 4.42. The number of hydrogen-bond donors (Lipinski definition) is 1. The summed E-state index contributed by atoms with van der Waals surface area (Å²) in [5.74, 6) is 0. The largest absolute Gasteiger partial charge is 0.390 e. The molecular formula is C9H15N3O2S. The molecule has 1 aromatic heterocycles. The standard InChI is InChI=1S/C9H15N3O2S/c1-6-3-12(4-7(2)14-6)9-8(5-13)10-11-15-9/h6-7,13H,3-5H2,1-2H3. The summed E-state index contributed by atoms with van der Waals surface area (Å²) in [6, 6.07) is 0. The highest BCUT2D eigenvalue weighted by atomic mass is 32.1. The molecule has 1 saturated heterocycles. The van der Waals surface area contributed by atoms with Gasteiger partial charge in [0.1, 0.15) is 10.7 Å². The van der Waals surface area contributed by atoms with Gasteiger partial charge in [0, 0.05) is 24.6 Å². The van der Waals surface area contributed by atoms with E-state index >= 15 is 0 Å². The quantitative estimate of drug-likeness (QED) is 0.806. The second-order valence-corrected chi connectivity index (χ2v) is 4.58. The van der Waals surface area contributed by atoms with Gasteiger partial charge in [-0.2, -0.15) is 0 Å². The first-order valence-corrected chi connectivity index (χ1v) is 5.80. The van der Waals surface area contributed by atoms with Crippen molar-refractivity contribution >= 4 is 16.5 Å². The van der Waals surface area contributed by atoms with E-state index in [1.807, 2.05) is 0 Å². The molecule has 2 heterocycles. The van der Waals surface area contributed by atoms with E-state index in [1.165, 1.54) is 11.5 Å². The molecule has 1 aliphatic heterocycles. The van der Waals surface area contributed by atoms with E-state index in [9.17, 15) is 0 Å². The number of hydrogen-bond acceptors (Lipinski definition) is 6. The lowest BCUT2D eigenvalue weighted by Crippen LogP contribution is -2.45. The average molecular weight is 229 g/mol. The van der Waals surface area contributed by atoms with Gasteiger partial charge in [-0.15, -0.1) is 5.10 Å². The van der Waals surface area contributed by atoms with Gasteiger partial charge in [0.15, 0.2) is 0 Å². The summed E-state index contributed by atoms with van der Waals surface area (Å²) < 4.78 is 9.51. The number of aliphatic hydroxyl groups is 1. The molecule has 0 aromatic carbocycles. The van der Waals surface area contributed by atoms with Crippen molar-refractivity contribution in [1.29, 1.82) is 0 Å². The fourth-order valence-corrected chi connectivity index (χ4v) is 2.58. The fraction of sp³-hybridized carbons (Fsp3) is 0.778. The normalized spacial score (nSPS) is 27.0. The Morgan fingerprint density at radius 1 is 1.47 bits per heavy atom. The molecule has 1 fully saturated rings. The molecule has 15 heavy (non-hydrogen) atoms. The number of aromatic nitrogens is 2. The molecule has 0 saturated carbocycles. The van der Waals surface area contributed by atoms with E-state index in [0.29, 0.717) is 5.69 Å². The minimum atomic E-state index is -0.0497. The van der Waals surface area contributed by atoms with Crippen LogP contribution in [0.5, 0.6) is 0 Å². The lowest BCUT2D eigenvalue weighted by molar-refractivity contribution is -0.00511. The second-order valence-electron chi connectivity index (χ2n) is 3.85. The van der Waals surface area contributed by atoms with Crippen LogP contribution in [-0.4, -0.2) is 40.0 Å². The smallest absolute Gasteiger partial charge is 0.138 e. The van der Waals surface area contributed by atoms with E-state index in [-0.39, 0.29) is 18.8 Å². The number of aliphatic hydroxyl groups excluding tert-OH is 1. The number of nitrogens with zero attached hydrogens (tertiary/aromatic N) is 3. The Morgan fingerprint density at radius 3 is 2.73 bits per heavy atom. The summed E-state index contributed by atoms with van der Waals surface area (Å²) in [4.78, 5) is 2.19. The first-order chi connectivity index (χ1) is 7.20. The monoisotopic (exact) mass is 229 g/mol. The topological polar surface area (TPSA) is 58.5 Å². The molecule has 2 atom stereocenters. The van der Waals surface area contributed by atoms with Crippen molar-refractivity contribution in [2.45, 2.75) is 32.7 Å². The maximum absolute atomic E-state index is 9.12. The Balaban J connectivity index is 2.16. The van der Waals surface area contributed by atoms with Crippen LogP contribution in [0.2, 0.25) is 0 Å². The molecule has 1 aliphatic rings. The van der Waals surface area contributed by atoms with Crippen LogP contribution < -0.4 is 4.90 Å². The molecule has 2 unspecified atom stereocenters. The van der Waals surface area contributed by atoms with Crippen molar-refractivity contribution in [2.75, 3.05) is 18.0 Å². The molecule has 2 rings (SSSR count). The zero-order valence-electron chi connectivity index (χ0n) is 8.88. The van der Waals surface area contributed by atoms with Crippen LogP contribution in [0.1, 0.15) is 19.5 Å². The van der Waals surface area contributed by atoms with Gasteiger partial charge < -0.3 is 14.7 Å². The zero-order chi connectivity index (χ0) is 10.8. The fourth-order valence-electron chi connectivity index (χ4n) is 1.89. The van der Waals surface area contributed by atoms with Crippen LogP contribution in [0, 0.1) is 0 Å². The molecule has 1 N–H and O–H groups in total. The molecule has 0 amide bonds. The molecule has 6 heteroatoms. The van der Waals surface area contributed by atoms with Gasteiger partial charge in [-0.05, 0) is 13.8 Å². The van der Waals surface area contributed by atoms with Gasteiger partial charge in [-0.3, -0.25) is 0 Å². The third-order valence-corrected chi connectivity index (χ3v) is 3.22. The summed E-state index contributed by atoms with van der Waals surface area (Å²) in [7, 11) is 0. The Morgan fingerprint density at radius 2 is 2.13 bits per heavy atom. The lowest BCUT2D eigenvalue weighted by Gasteiger charge is -2.35. The highest BCUT2D eigenvalue weighted by Gasteiger charge is 2.25. The molecule has 5 nitrogen and oxygen atoms in total. The van der Waals surface area contributed by atoms with E-state index in [2.05, 4.69) is 28.3 Å². The van der Waals surface area contributed by atoms with Crippen LogP contribution >= 0.6 is 11.5 Å². The highest BCUT2D eigenvalue weighted by molar-refractivity contribution is 7.10. The van der Waals surface area contributed by atoms with E-state index in [4.69, 9.17) is 9.84 Å². The Labute approximate surface area is 92.8 Å². The zero-order valence-corrected chi connectivity index (χ0v) is 9.70. The highest BCUT2D eigenvalue weighted by Crippen LogP contribution is 2.26. The van der Waals surface area contributed by atoms with Crippen molar-refractivity contribution in [3.05, 3.63) is 5.69 Å². The number of anilines is 1. The minimum absolute atomic E-state index is 0.0497. The Bertz CT molecular complexity index is 321. The Kier molecular flexibility index (Phi) is 3.18. The molecule has 0 radical (unpaired) electrons. The van der Waals surface area contributed by atoms with Crippen molar-refractivity contribution < 1.29 is 9.84 Å². The molecule has 84 valence electrons. The van der Waals surface area contributed by atoms with Crippen molar-refractivity contribution in [3.63, 3.8) is 0 Å². The van der Waals surface area contributed by atoms with E-state index in [0.717, 1.165) is 18.1 Å². The van der Waals surface area contributed by atoms with Gasteiger partial charge in [-0.1, -0.05) is 4.49 Å². The first kappa shape index (κ1) is 10.8. The van der Waals surface area contributed by atoms with Crippen LogP contribution in [0.4, 0.5) is 5.00 Å². The first-order valence-electron chi connectivity index (χ1n) is 5.03. The van der Waals surface area contributed by atoms with Crippen LogP contribution in [0.15, 0.2) is 0 Å². The minimum Gasteiger partial charge on any atom is -0.390 e. The maximum Gasteiger partial charge on any atom is 0.138 e. The van der Waals surface area contributed by atoms with Gasteiger partial charge in [0.2, 0.25) is 0 Å².